The van der Waals surface area contributed by atoms with Crippen molar-refractivity contribution in [3.05, 3.63) is 22.6 Å². The minimum Gasteiger partial charge on any atom is -0.465 e. The van der Waals surface area contributed by atoms with Crippen molar-refractivity contribution in [3.8, 4) is 0 Å². The largest absolute Gasteiger partial charge is 0.465 e. The summed E-state index contributed by atoms with van der Waals surface area (Å²) in [4.78, 5) is 24.2. The first-order valence-corrected chi connectivity index (χ1v) is 6.57. The minimum absolute atomic E-state index is 0.201. The van der Waals surface area contributed by atoms with Gasteiger partial charge in [0, 0.05) is 16.2 Å². The zero-order valence-electron chi connectivity index (χ0n) is 10.9. The molecule has 7 heteroatoms. The summed E-state index contributed by atoms with van der Waals surface area (Å²) in [5, 5.41) is 9.25. The Bertz CT molecular complexity index is 618. The number of aromatic amines is 1. The van der Waals surface area contributed by atoms with E-state index < -0.39 is 11.6 Å². The molecule has 2 heterocycles. The summed E-state index contributed by atoms with van der Waals surface area (Å²) in [6, 6.07) is 1.86. The second kappa shape index (κ2) is 4.80. The fraction of sp³-hybridized carbons (Fsp3) is 0.417. The molecule has 0 saturated carbocycles. The highest BCUT2D eigenvalue weighted by Crippen LogP contribution is 2.19. The van der Waals surface area contributed by atoms with E-state index >= 15 is 0 Å². The Morgan fingerprint density at radius 2 is 2.21 bits per heavy atom. The number of aromatic nitrogens is 3. The lowest BCUT2D eigenvalue weighted by molar-refractivity contribution is 0.0940. The Morgan fingerprint density at radius 1 is 1.53 bits per heavy atom. The Hall–Kier alpha value is -1.63. The maximum Gasteiger partial charge on any atom is 0.408 e. The van der Waals surface area contributed by atoms with Gasteiger partial charge in [-0.05, 0) is 42.8 Å². The molecule has 1 amide bonds. The quantitative estimate of drug-likeness (QED) is 0.888. The molecule has 0 spiro atoms. The van der Waals surface area contributed by atoms with Gasteiger partial charge < -0.3 is 10.1 Å². The van der Waals surface area contributed by atoms with E-state index in [1.54, 1.807) is 6.20 Å². The average molecular weight is 327 g/mol. The van der Waals surface area contributed by atoms with Crippen molar-refractivity contribution in [1.29, 1.82) is 0 Å². The molecule has 0 radical (unpaired) electrons. The van der Waals surface area contributed by atoms with E-state index in [0.29, 0.717) is 11.5 Å². The first-order chi connectivity index (χ1) is 8.77. The van der Waals surface area contributed by atoms with Crippen LogP contribution in [0.2, 0.25) is 0 Å². The molecular weight excluding hydrogens is 312 g/mol. The number of pyridine rings is 1. The predicted octanol–water partition coefficient (Wildman–Crippen LogP) is 3.00. The molecule has 2 aromatic rings. The van der Waals surface area contributed by atoms with E-state index in [-0.39, 0.29) is 6.54 Å². The fourth-order valence-corrected chi connectivity index (χ4v) is 2.07. The third kappa shape index (κ3) is 3.04. The Kier molecular flexibility index (Phi) is 3.49. The van der Waals surface area contributed by atoms with Crippen LogP contribution in [0.15, 0.2) is 16.7 Å². The number of nitrogens with zero attached hydrogens (tertiary/aromatic N) is 3. The molecule has 6 nitrogen and oxygen atoms in total. The van der Waals surface area contributed by atoms with Crippen LogP contribution in [0.4, 0.5) is 4.79 Å². The minimum atomic E-state index is -0.970. The number of nitrogens with one attached hydrogen (secondary N) is 1. The second-order valence-electron chi connectivity index (χ2n) is 5.25. The maximum atomic E-state index is 11.3. The van der Waals surface area contributed by atoms with E-state index in [4.69, 9.17) is 0 Å². The van der Waals surface area contributed by atoms with Crippen LogP contribution in [0, 0.1) is 0 Å². The third-order valence-corrected chi connectivity index (χ3v) is 3.14. The molecule has 0 bridgehead atoms. The lowest BCUT2D eigenvalue weighted by Gasteiger charge is -2.32. The van der Waals surface area contributed by atoms with Gasteiger partial charge in [0.1, 0.15) is 5.82 Å². The highest BCUT2D eigenvalue weighted by molar-refractivity contribution is 9.10. The van der Waals surface area contributed by atoms with Gasteiger partial charge in [-0.1, -0.05) is 0 Å². The molecular formula is C12H15BrN4O2. The Morgan fingerprint density at radius 3 is 2.79 bits per heavy atom. The second-order valence-corrected chi connectivity index (χ2v) is 6.16. The number of carboxylic acid groups (broad SMARTS) is 1. The van der Waals surface area contributed by atoms with E-state index in [0.717, 1.165) is 9.99 Å². The molecule has 0 atom stereocenters. The van der Waals surface area contributed by atoms with Crippen LogP contribution in [-0.4, -0.2) is 36.6 Å². The standard InChI is InChI=1S/C12H15BrN4O2/c1-12(2,3)17(11(18)19)6-9-15-8-4-7(13)5-14-10(8)16-9/h4-5H,6H2,1-3H3,(H,18,19)(H,14,15,16). The third-order valence-electron chi connectivity index (χ3n) is 2.70. The van der Waals surface area contributed by atoms with E-state index in [9.17, 15) is 9.90 Å². The fourth-order valence-electron chi connectivity index (χ4n) is 1.74. The van der Waals surface area contributed by atoms with Crippen LogP contribution < -0.4 is 0 Å². The van der Waals surface area contributed by atoms with Crippen molar-refractivity contribution in [2.24, 2.45) is 0 Å². The van der Waals surface area contributed by atoms with Gasteiger partial charge in [-0.2, -0.15) is 0 Å². The highest BCUT2D eigenvalue weighted by atomic mass is 79.9. The SMILES string of the molecule is CC(C)(C)N(Cc1nc2ncc(Br)cc2[nH]1)C(=O)O. The molecule has 0 aliphatic rings. The number of hydrogen-bond donors (Lipinski definition) is 2. The maximum absolute atomic E-state index is 11.3. The molecule has 0 fully saturated rings. The van der Waals surface area contributed by atoms with Gasteiger partial charge in [0.15, 0.2) is 5.65 Å². The topological polar surface area (TPSA) is 82.1 Å². The highest BCUT2D eigenvalue weighted by Gasteiger charge is 2.27. The number of rotatable bonds is 2. The van der Waals surface area contributed by atoms with E-state index in [1.807, 2.05) is 26.8 Å². The van der Waals surface area contributed by atoms with E-state index in [1.165, 1.54) is 4.90 Å². The summed E-state index contributed by atoms with van der Waals surface area (Å²) in [5.74, 6) is 0.581. The number of hydrogen-bond acceptors (Lipinski definition) is 3. The molecule has 2 rings (SSSR count). The van der Waals surface area contributed by atoms with Gasteiger partial charge in [0.25, 0.3) is 0 Å². The molecule has 2 N–H and O–H groups in total. The van der Waals surface area contributed by atoms with Gasteiger partial charge >= 0.3 is 6.09 Å². The van der Waals surface area contributed by atoms with Gasteiger partial charge in [0.2, 0.25) is 0 Å². The van der Waals surface area contributed by atoms with Crippen LogP contribution in [0.3, 0.4) is 0 Å². The normalized spacial score (nSPS) is 11.8. The number of imidazole rings is 1. The number of carbonyl (C=O) groups is 1. The number of H-pyrrole nitrogens is 1. The van der Waals surface area contributed by atoms with Gasteiger partial charge in [-0.25, -0.2) is 14.8 Å². The van der Waals surface area contributed by atoms with Crippen LogP contribution in [0.5, 0.6) is 0 Å². The predicted molar refractivity (Wildman–Crippen MR) is 74.9 cm³/mol. The van der Waals surface area contributed by atoms with Gasteiger partial charge in [-0.15, -0.1) is 0 Å². The zero-order chi connectivity index (χ0) is 14.2. The Labute approximate surface area is 119 Å². The number of fused-ring (bicyclic) bond motifs is 1. The molecule has 19 heavy (non-hydrogen) atoms. The van der Waals surface area contributed by atoms with Crippen molar-refractivity contribution < 1.29 is 9.90 Å². The molecule has 0 unspecified atom stereocenters. The van der Waals surface area contributed by atoms with Crippen molar-refractivity contribution >= 4 is 33.2 Å². The molecule has 0 aliphatic carbocycles. The average Bonchev–Trinajstić information content (AvgIpc) is 2.65. The first kappa shape index (κ1) is 13.8. The summed E-state index contributed by atoms with van der Waals surface area (Å²) in [6.45, 7) is 5.74. The van der Waals surface area contributed by atoms with Crippen molar-refractivity contribution in [2.75, 3.05) is 0 Å². The smallest absolute Gasteiger partial charge is 0.408 e. The van der Waals surface area contributed by atoms with Crippen LogP contribution >= 0.6 is 15.9 Å². The lowest BCUT2D eigenvalue weighted by Crippen LogP contribution is -2.44. The summed E-state index contributed by atoms with van der Waals surface area (Å²) < 4.78 is 0.848. The first-order valence-electron chi connectivity index (χ1n) is 5.78. The van der Waals surface area contributed by atoms with Crippen molar-refractivity contribution in [1.82, 2.24) is 19.9 Å². The zero-order valence-corrected chi connectivity index (χ0v) is 12.5. The molecule has 0 saturated heterocycles. The van der Waals surface area contributed by atoms with Gasteiger partial charge in [-0.3, -0.25) is 4.90 Å². The molecule has 102 valence electrons. The van der Waals surface area contributed by atoms with E-state index in [2.05, 4.69) is 30.9 Å². The van der Waals surface area contributed by atoms with Crippen molar-refractivity contribution in [2.45, 2.75) is 32.9 Å². The Balaban J connectivity index is 2.32. The summed E-state index contributed by atoms with van der Waals surface area (Å²) in [5.41, 5.74) is 0.875. The number of halogens is 1. The summed E-state index contributed by atoms with van der Waals surface area (Å²) in [7, 11) is 0. The van der Waals surface area contributed by atoms with Gasteiger partial charge in [0.05, 0.1) is 12.1 Å². The van der Waals surface area contributed by atoms with Crippen molar-refractivity contribution in [3.63, 3.8) is 0 Å². The lowest BCUT2D eigenvalue weighted by atomic mass is 10.1. The molecule has 0 aromatic carbocycles. The van der Waals surface area contributed by atoms with Crippen LogP contribution in [0.1, 0.15) is 26.6 Å². The monoisotopic (exact) mass is 326 g/mol. The molecule has 0 aliphatic heterocycles. The van der Waals surface area contributed by atoms with Crippen LogP contribution in [0.25, 0.3) is 11.2 Å². The summed E-state index contributed by atoms with van der Waals surface area (Å²) >= 11 is 3.33. The molecule has 2 aromatic heterocycles. The summed E-state index contributed by atoms with van der Waals surface area (Å²) in [6.07, 6.45) is 0.688. The van der Waals surface area contributed by atoms with Crippen LogP contribution in [-0.2, 0) is 6.54 Å². The number of amides is 1.